The van der Waals surface area contributed by atoms with E-state index in [4.69, 9.17) is 4.42 Å². The second kappa shape index (κ2) is 7.61. The molecule has 0 aliphatic carbocycles. The summed E-state index contributed by atoms with van der Waals surface area (Å²) in [5.74, 6) is 0.622. The van der Waals surface area contributed by atoms with Gasteiger partial charge in [-0.3, -0.25) is 4.79 Å². The Morgan fingerprint density at radius 1 is 1.24 bits per heavy atom. The molecule has 0 aliphatic rings. The first-order valence-electron chi connectivity index (χ1n) is 7.78. The first-order valence-corrected chi connectivity index (χ1v) is 8.57. The Kier molecular flexibility index (Phi) is 5.28. The lowest BCUT2D eigenvalue weighted by Crippen LogP contribution is -2.13. The van der Waals surface area contributed by atoms with E-state index in [0.29, 0.717) is 18.1 Å². The van der Waals surface area contributed by atoms with Gasteiger partial charge >= 0.3 is 0 Å². The fraction of sp³-hybridized carbons (Fsp3) is 0.158. The van der Waals surface area contributed by atoms with Crippen LogP contribution in [0, 0.1) is 12.7 Å². The molecule has 1 heterocycles. The maximum Gasteiger partial charge on any atom is 0.224 e. The number of halogens is 2. The molecular formula is C19H16BrFN2O2. The van der Waals surface area contributed by atoms with Crippen LogP contribution in [0.2, 0.25) is 0 Å². The van der Waals surface area contributed by atoms with Crippen LogP contribution >= 0.6 is 15.9 Å². The molecule has 0 bridgehead atoms. The summed E-state index contributed by atoms with van der Waals surface area (Å²) in [6.07, 6.45) is 2.24. The molecule has 128 valence electrons. The van der Waals surface area contributed by atoms with Crippen LogP contribution in [0.4, 0.5) is 10.1 Å². The molecule has 0 radical (unpaired) electrons. The molecule has 1 N–H and O–H groups in total. The van der Waals surface area contributed by atoms with Crippen molar-refractivity contribution in [2.75, 3.05) is 5.32 Å². The molecule has 0 unspecified atom stereocenters. The number of carbonyl (C=O) groups excluding carboxylic acids is 1. The fourth-order valence-electron chi connectivity index (χ4n) is 2.37. The highest BCUT2D eigenvalue weighted by Crippen LogP contribution is 2.22. The smallest absolute Gasteiger partial charge is 0.224 e. The number of hydrogen-bond acceptors (Lipinski definition) is 3. The van der Waals surface area contributed by atoms with Gasteiger partial charge in [0, 0.05) is 28.6 Å². The predicted octanol–water partition coefficient (Wildman–Crippen LogP) is 5.12. The Hall–Kier alpha value is -2.47. The topological polar surface area (TPSA) is 55.1 Å². The van der Waals surface area contributed by atoms with E-state index >= 15 is 0 Å². The molecule has 0 saturated heterocycles. The van der Waals surface area contributed by atoms with Gasteiger partial charge in [0.25, 0.3) is 0 Å². The molecule has 25 heavy (non-hydrogen) atoms. The van der Waals surface area contributed by atoms with Gasteiger partial charge in [-0.1, -0.05) is 15.9 Å². The van der Waals surface area contributed by atoms with E-state index in [-0.39, 0.29) is 18.1 Å². The van der Waals surface area contributed by atoms with Crippen molar-refractivity contribution in [2.24, 2.45) is 0 Å². The van der Waals surface area contributed by atoms with Gasteiger partial charge < -0.3 is 9.73 Å². The molecule has 0 fully saturated rings. The highest BCUT2D eigenvalue weighted by Gasteiger charge is 2.10. The second-order valence-electron chi connectivity index (χ2n) is 5.63. The third kappa shape index (κ3) is 4.54. The van der Waals surface area contributed by atoms with Crippen molar-refractivity contribution < 1.29 is 13.6 Å². The molecule has 1 amide bonds. The first kappa shape index (κ1) is 17.4. The van der Waals surface area contributed by atoms with Crippen LogP contribution in [-0.4, -0.2) is 10.9 Å². The molecular weight excluding hydrogens is 387 g/mol. The molecule has 0 aliphatic heterocycles. The number of rotatable bonds is 5. The maximum atomic E-state index is 13.0. The van der Waals surface area contributed by atoms with Crippen molar-refractivity contribution in [3.05, 3.63) is 70.4 Å². The second-order valence-corrected chi connectivity index (χ2v) is 6.55. The monoisotopic (exact) mass is 402 g/mol. The number of amides is 1. The molecule has 3 rings (SSSR count). The van der Waals surface area contributed by atoms with Gasteiger partial charge in [0.15, 0.2) is 11.7 Å². The molecule has 3 aromatic rings. The number of nitrogens with zero attached hydrogens (tertiary/aromatic N) is 1. The zero-order chi connectivity index (χ0) is 17.8. The summed E-state index contributed by atoms with van der Waals surface area (Å²) in [7, 11) is 0. The summed E-state index contributed by atoms with van der Waals surface area (Å²) >= 11 is 3.40. The number of aryl methyl sites for hydroxylation is 2. The van der Waals surface area contributed by atoms with Gasteiger partial charge in [-0.25, -0.2) is 9.37 Å². The first-order chi connectivity index (χ1) is 12.0. The van der Waals surface area contributed by atoms with E-state index in [1.165, 1.54) is 12.1 Å². The van der Waals surface area contributed by atoms with Crippen molar-refractivity contribution in [1.82, 2.24) is 4.98 Å². The van der Waals surface area contributed by atoms with Gasteiger partial charge in [0.05, 0.1) is 6.20 Å². The average molecular weight is 403 g/mol. The highest BCUT2D eigenvalue weighted by molar-refractivity contribution is 9.10. The quantitative estimate of drug-likeness (QED) is 0.643. The zero-order valence-corrected chi connectivity index (χ0v) is 15.1. The number of hydrogen-bond donors (Lipinski definition) is 1. The van der Waals surface area contributed by atoms with E-state index in [2.05, 4.69) is 26.2 Å². The summed E-state index contributed by atoms with van der Waals surface area (Å²) in [6, 6.07) is 11.7. The van der Waals surface area contributed by atoms with Crippen LogP contribution in [0.5, 0.6) is 0 Å². The highest BCUT2D eigenvalue weighted by atomic mass is 79.9. The van der Waals surface area contributed by atoms with Gasteiger partial charge in [-0.15, -0.1) is 0 Å². The predicted molar refractivity (Wildman–Crippen MR) is 97.7 cm³/mol. The van der Waals surface area contributed by atoms with Crippen LogP contribution in [0.1, 0.15) is 17.9 Å². The molecule has 0 atom stereocenters. The third-order valence-corrected chi connectivity index (χ3v) is 4.20. The molecule has 4 nitrogen and oxygen atoms in total. The van der Waals surface area contributed by atoms with E-state index in [0.717, 1.165) is 21.3 Å². The molecule has 6 heteroatoms. The van der Waals surface area contributed by atoms with Gasteiger partial charge in [0.1, 0.15) is 5.82 Å². The van der Waals surface area contributed by atoms with E-state index in [1.807, 2.05) is 25.1 Å². The molecule has 0 spiro atoms. The number of oxazole rings is 1. The Bertz CT molecular complexity index is 891. The number of aromatic nitrogens is 1. The third-order valence-electron chi connectivity index (χ3n) is 3.71. The van der Waals surface area contributed by atoms with Crippen molar-refractivity contribution in [3.63, 3.8) is 0 Å². The van der Waals surface area contributed by atoms with Gasteiger partial charge in [-0.2, -0.15) is 0 Å². The Balaban J connectivity index is 1.58. The Morgan fingerprint density at radius 2 is 2.00 bits per heavy atom. The largest absolute Gasteiger partial charge is 0.441 e. The number of carbonyl (C=O) groups is 1. The van der Waals surface area contributed by atoms with Crippen LogP contribution in [0.25, 0.3) is 11.3 Å². The SMILES string of the molecule is Cc1cc(Br)ccc1NC(=O)CCc1ncc(-c2ccc(F)cc2)o1. The minimum absolute atomic E-state index is 0.105. The minimum atomic E-state index is -0.302. The summed E-state index contributed by atoms with van der Waals surface area (Å²) < 4.78 is 19.6. The molecule has 0 saturated carbocycles. The van der Waals surface area contributed by atoms with Crippen molar-refractivity contribution >= 4 is 27.5 Å². The Labute approximate surface area is 153 Å². The maximum absolute atomic E-state index is 13.0. The number of anilines is 1. The van der Waals surface area contributed by atoms with Gasteiger partial charge in [0.2, 0.25) is 5.91 Å². The lowest BCUT2D eigenvalue weighted by atomic mass is 10.2. The van der Waals surface area contributed by atoms with Crippen molar-refractivity contribution in [2.45, 2.75) is 19.8 Å². The lowest BCUT2D eigenvalue weighted by Gasteiger charge is -2.08. The van der Waals surface area contributed by atoms with E-state index in [9.17, 15) is 9.18 Å². The zero-order valence-electron chi connectivity index (χ0n) is 13.6. The fourth-order valence-corrected chi connectivity index (χ4v) is 2.85. The number of benzene rings is 2. The van der Waals surface area contributed by atoms with Gasteiger partial charge in [-0.05, 0) is 55.0 Å². The van der Waals surface area contributed by atoms with Crippen LogP contribution in [-0.2, 0) is 11.2 Å². The van der Waals surface area contributed by atoms with Crippen LogP contribution in [0.3, 0.4) is 0 Å². The summed E-state index contributed by atoms with van der Waals surface area (Å²) in [4.78, 5) is 16.3. The number of nitrogens with one attached hydrogen (secondary N) is 1. The van der Waals surface area contributed by atoms with Crippen LogP contribution in [0.15, 0.2) is 57.6 Å². The molecule has 2 aromatic carbocycles. The van der Waals surface area contributed by atoms with E-state index in [1.54, 1.807) is 18.3 Å². The lowest BCUT2D eigenvalue weighted by molar-refractivity contribution is -0.116. The summed E-state index contributed by atoms with van der Waals surface area (Å²) in [5, 5.41) is 2.88. The minimum Gasteiger partial charge on any atom is -0.441 e. The standard InChI is InChI=1S/C19H16BrFN2O2/c1-12-10-14(20)4-7-16(12)23-18(24)8-9-19-22-11-17(25-19)13-2-5-15(21)6-3-13/h2-7,10-11H,8-9H2,1H3,(H,23,24). The molecule has 1 aromatic heterocycles. The summed E-state index contributed by atoms with van der Waals surface area (Å²) in [5.41, 5.74) is 2.51. The normalized spacial score (nSPS) is 10.7. The van der Waals surface area contributed by atoms with Crippen molar-refractivity contribution in [3.8, 4) is 11.3 Å². The van der Waals surface area contributed by atoms with Crippen molar-refractivity contribution in [1.29, 1.82) is 0 Å². The van der Waals surface area contributed by atoms with E-state index < -0.39 is 0 Å². The average Bonchev–Trinajstić information content (AvgIpc) is 3.05. The van der Waals surface area contributed by atoms with Crippen LogP contribution < -0.4 is 5.32 Å². The summed E-state index contributed by atoms with van der Waals surface area (Å²) in [6.45, 7) is 1.93. The Morgan fingerprint density at radius 3 is 2.72 bits per heavy atom.